The number of rotatable bonds is 8. The van der Waals surface area contributed by atoms with Crippen LogP contribution in [-0.2, 0) is 23.0 Å². The molecule has 10 heteroatoms. The molecule has 38 heavy (non-hydrogen) atoms. The van der Waals surface area contributed by atoms with Crippen LogP contribution in [0, 0.1) is 23.5 Å². The average Bonchev–Trinajstić information content (AvgIpc) is 3.25. The standard InChI is InChI=1S/C28H33F2N5O2S/c1-19-10-11-22(9-5-8-20-6-3-2-4-7-20)38(36,37)35(19)14-21-12-26(30)27(13-25(21)29)33-15-23-24(16-33)28(23)34-17-31-32-18-34/h2-4,6-7,12-13,17-19,22-24,28H,5,8-11,14-16H2,1H3/t19-,22?,23-,24+,28+/m0/s1. The van der Waals surface area contributed by atoms with E-state index in [4.69, 9.17) is 0 Å². The molecular formula is C28H33F2N5O2S. The number of hydrogen-bond acceptors (Lipinski definition) is 5. The summed E-state index contributed by atoms with van der Waals surface area (Å²) in [6.45, 7) is 2.99. The van der Waals surface area contributed by atoms with Gasteiger partial charge in [-0.1, -0.05) is 30.3 Å². The number of sulfonamides is 1. The van der Waals surface area contributed by atoms with Crippen LogP contribution in [0.5, 0.6) is 0 Å². The quantitative estimate of drug-likeness (QED) is 0.418. The molecule has 2 aliphatic heterocycles. The maximum atomic E-state index is 15.3. The van der Waals surface area contributed by atoms with Gasteiger partial charge in [-0.3, -0.25) is 0 Å². The Labute approximate surface area is 222 Å². The predicted molar refractivity (Wildman–Crippen MR) is 141 cm³/mol. The van der Waals surface area contributed by atoms with E-state index in [1.807, 2.05) is 46.7 Å². The molecule has 202 valence electrons. The molecule has 3 fully saturated rings. The average molecular weight is 542 g/mol. The van der Waals surface area contributed by atoms with Crippen LogP contribution in [0.2, 0.25) is 0 Å². The third-order valence-corrected chi connectivity index (χ3v) is 11.1. The lowest BCUT2D eigenvalue weighted by molar-refractivity contribution is 0.275. The normalized spacial score (nSPS) is 28.4. The van der Waals surface area contributed by atoms with Crippen molar-refractivity contribution < 1.29 is 17.2 Å². The zero-order chi connectivity index (χ0) is 26.4. The topological polar surface area (TPSA) is 71.3 Å². The van der Waals surface area contributed by atoms with E-state index in [0.29, 0.717) is 50.2 Å². The molecule has 2 aromatic carbocycles. The second-order valence-electron chi connectivity index (χ2n) is 11.0. The molecule has 1 saturated carbocycles. The summed E-state index contributed by atoms with van der Waals surface area (Å²) in [4.78, 5) is 1.89. The zero-order valence-electron chi connectivity index (χ0n) is 21.5. The highest BCUT2D eigenvalue weighted by Gasteiger charge is 2.57. The lowest BCUT2D eigenvalue weighted by Crippen LogP contribution is -2.48. The van der Waals surface area contributed by atoms with Gasteiger partial charge >= 0.3 is 0 Å². The van der Waals surface area contributed by atoms with Crippen molar-refractivity contribution in [3.63, 3.8) is 0 Å². The number of hydrogen-bond donors (Lipinski definition) is 0. The third-order valence-electron chi connectivity index (χ3n) is 8.69. The number of halogens is 2. The molecule has 3 aromatic rings. The van der Waals surface area contributed by atoms with Gasteiger partial charge in [-0.15, -0.1) is 10.2 Å². The highest BCUT2D eigenvalue weighted by atomic mass is 32.2. The first-order chi connectivity index (χ1) is 18.3. The van der Waals surface area contributed by atoms with Crippen LogP contribution in [0.4, 0.5) is 14.5 Å². The zero-order valence-corrected chi connectivity index (χ0v) is 22.3. The van der Waals surface area contributed by atoms with Gasteiger partial charge < -0.3 is 9.47 Å². The van der Waals surface area contributed by atoms with Crippen LogP contribution in [-0.4, -0.2) is 51.9 Å². The van der Waals surface area contributed by atoms with Gasteiger partial charge in [0.15, 0.2) is 0 Å². The summed E-state index contributed by atoms with van der Waals surface area (Å²) >= 11 is 0. The summed E-state index contributed by atoms with van der Waals surface area (Å²) in [5.41, 5.74) is 1.51. The fraction of sp³-hybridized carbons (Fsp3) is 0.500. The second-order valence-corrected chi connectivity index (χ2v) is 13.2. The Hall–Kier alpha value is -2.85. The van der Waals surface area contributed by atoms with Crippen molar-refractivity contribution >= 4 is 15.7 Å². The van der Waals surface area contributed by atoms with E-state index in [2.05, 4.69) is 10.2 Å². The molecule has 2 saturated heterocycles. The van der Waals surface area contributed by atoms with E-state index in [9.17, 15) is 8.42 Å². The van der Waals surface area contributed by atoms with Gasteiger partial charge in [0.1, 0.15) is 24.3 Å². The van der Waals surface area contributed by atoms with E-state index in [0.717, 1.165) is 12.8 Å². The van der Waals surface area contributed by atoms with Gasteiger partial charge in [0.05, 0.1) is 10.9 Å². The lowest BCUT2D eigenvalue weighted by Gasteiger charge is -2.37. The highest BCUT2D eigenvalue weighted by molar-refractivity contribution is 7.89. The van der Waals surface area contributed by atoms with Crippen LogP contribution in [0.15, 0.2) is 55.1 Å². The first-order valence-corrected chi connectivity index (χ1v) is 14.9. The third kappa shape index (κ3) is 4.73. The van der Waals surface area contributed by atoms with Crippen molar-refractivity contribution in [1.29, 1.82) is 0 Å². The van der Waals surface area contributed by atoms with Crippen molar-refractivity contribution in [3.8, 4) is 0 Å². The van der Waals surface area contributed by atoms with E-state index in [-0.39, 0.29) is 23.8 Å². The minimum atomic E-state index is -3.63. The molecule has 3 aliphatic rings. The monoisotopic (exact) mass is 541 g/mol. The van der Waals surface area contributed by atoms with Gasteiger partial charge in [0.25, 0.3) is 0 Å². The summed E-state index contributed by atoms with van der Waals surface area (Å²) in [6.07, 6.45) is 6.85. The number of anilines is 1. The molecular weight excluding hydrogens is 508 g/mol. The molecule has 1 aliphatic carbocycles. The Morgan fingerprint density at radius 2 is 1.68 bits per heavy atom. The molecule has 1 unspecified atom stereocenters. The fourth-order valence-electron chi connectivity index (χ4n) is 6.49. The fourth-order valence-corrected chi connectivity index (χ4v) is 8.69. The van der Waals surface area contributed by atoms with Crippen molar-refractivity contribution in [3.05, 3.63) is 77.9 Å². The van der Waals surface area contributed by atoms with E-state index in [1.165, 1.54) is 22.0 Å². The number of fused-ring (bicyclic) bond motifs is 1. The number of aromatic nitrogens is 3. The molecule has 0 radical (unpaired) electrons. The van der Waals surface area contributed by atoms with Crippen LogP contribution >= 0.6 is 0 Å². The molecule has 0 N–H and O–H groups in total. The summed E-state index contributed by atoms with van der Waals surface area (Å²) in [6, 6.07) is 12.5. The SMILES string of the molecule is C[C@H]1CCC(CCCc2ccccc2)S(=O)(=O)N1Cc1cc(F)c(N2C[C@@H]3[C@H](C2)[C@H]3n2cnnc2)cc1F. The van der Waals surface area contributed by atoms with Crippen molar-refractivity contribution in [2.24, 2.45) is 11.8 Å². The van der Waals surface area contributed by atoms with Gasteiger partial charge in [-0.25, -0.2) is 17.2 Å². The molecule has 0 amide bonds. The smallest absolute Gasteiger partial charge is 0.217 e. The van der Waals surface area contributed by atoms with Gasteiger partial charge in [-0.2, -0.15) is 4.31 Å². The van der Waals surface area contributed by atoms with Crippen LogP contribution in [0.1, 0.15) is 49.8 Å². The largest absolute Gasteiger partial charge is 0.368 e. The van der Waals surface area contributed by atoms with E-state index in [1.54, 1.807) is 12.7 Å². The highest BCUT2D eigenvalue weighted by Crippen LogP contribution is 2.56. The number of piperidine rings is 1. The Kier molecular flexibility index (Phi) is 6.72. The van der Waals surface area contributed by atoms with Crippen LogP contribution < -0.4 is 4.90 Å². The number of nitrogens with zero attached hydrogens (tertiary/aromatic N) is 5. The Morgan fingerprint density at radius 1 is 0.974 bits per heavy atom. The molecule has 0 bridgehead atoms. The first-order valence-electron chi connectivity index (χ1n) is 13.4. The minimum absolute atomic E-state index is 0.0818. The van der Waals surface area contributed by atoms with E-state index >= 15 is 8.78 Å². The lowest BCUT2D eigenvalue weighted by atomic mass is 10.0. The number of benzene rings is 2. The summed E-state index contributed by atoms with van der Waals surface area (Å²) in [7, 11) is -3.63. The molecule has 3 heterocycles. The Morgan fingerprint density at radius 3 is 2.39 bits per heavy atom. The summed E-state index contributed by atoms with van der Waals surface area (Å²) in [5.74, 6) is -0.339. The molecule has 5 atom stereocenters. The predicted octanol–water partition coefficient (Wildman–Crippen LogP) is 4.57. The maximum absolute atomic E-state index is 15.3. The Balaban J connectivity index is 1.12. The van der Waals surface area contributed by atoms with Crippen LogP contribution in [0.3, 0.4) is 0 Å². The van der Waals surface area contributed by atoms with Crippen molar-refractivity contribution in [2.45, 2.75) is 62.9 Å². The van der Waals surface area contributed by atoms with Gasteiger partial charge in [0, 0.05) is 55.2 Å². The second kappa shape index (κ2) is 10.0. The summed E-state index contributed by atoms with van der Waals surface area (Å²) in [5, 5.41) is 7.23. The summed E-state index contributed by atoms with van der Waals surface area (Å²) < 4.78 is 60.9. The molecule has 6 rings (SSSR count). The molecule has 0 spiro atoms. The van der Waals surface area contributed by atoms with E-state index < -0.39 is 26.9 Å². The maximum Gasteiger partial charge on any atom is 0.217 e. The first kappa shape index (κ1) is 25.4. The molecule has 7 nitrogen and oxygen atoms in total. The Bertz CT molecular complexity index is 1370. The van der Waals surface area contributed by atoms with Gasteiger partial charge in [0.2, 0.25) is 10.0 Å². The van der Waals surface area contributed by atoms with Gasteiger partial charge in [-0.05, 0) is 50.7 Å². The van der Waals surface area contributed by atoms with Crippen LogP contribution in [0.25, 0.3) is 0 Å². The number of aryl methyl sites for hydroxylation is 1. The van der Waals surface area contributed by atoms with Crippen molar-refractivity contribution in [2.75, 3.05) is 18.0 Å². The molecule has 1 aromatic heterocycles. The van der Waals surface area contributed by atoms with Crippen molar-refractivity contribution in [1.82, 2.24) is 19.1 Å². The minimum Gasteiger partial charge on any atom is -0.368 e.